The Morgan fingerprint density at radius 1 is 1.18 bits per heavy atom. The molecule has 0 aliphatic carbocycles. The Balaban J connectivity index is 1.77. The molecular weight excluding hydrogens is 420 g/mol. The quantitative estimate of drug-likeness (QED) is 0.711. The van der Waals surface area contributed by atoms with E-state index in [0.717, 1.165) is 0 Å². The van der Waals surface area contributed by atoms with Crippen molar-refractivity contribution in [2.75, 3.05) is 36.9 Å². The maximum absolute atomic E-state index is 12.8. The molecule has 0 saturated carbocycles. The predicted octanol–water partition coefficient (Wildman–Crippen LogP) is 3.04. The first-order valence-corrected chi connectivity index (χ1v) is 10.6. The van der Waals surface area contributed by atoms with Crippen LogP contribution in [0.4, 0.5) is 11.4 Å². The summed E-state index contributed by atoms with van der Waals surface area (Å²) in [5, 5.41) is 15.4. The van der Waals surface area contributed by atoms with Gasteiger partial charge in [0, 0.05) is 18.8 Å². The number of nitrogens with zero attached hydrogens (tertiary/aromatic N) is 2. The van der Waals surface area contributed by atoms with E-state index in [1.54, 1.807) is 24.3 Å². The van der Waals surface area contributed by atoms with Gasteiger partial charge in [-0.1, -0.05) is 17.7 Å². The third kappa shape index (κ3) is 4.79. The number of nitrogens with one attached hydrogen (secondary N) is 2. The summed E-state index contributed by atoms with van der Waals surface area (Å²) < 4.78 is 32.2. The zero-order chi connectivity index (χ0) is 20.1. The number of hydrogen-bond acceptors (Lipinski definition) is 5. The Hall–Kier alpha value is -2.22. The molecule has 0 radical (unpaired) electrons. The third-order valence-electron chi connectivity index (χ3n) is 4.04. The van der Waals surface area contributed by atoms with Crippen molar-refractivity contribution in [2.24, 2.45) is 0 Å². The van der Waals surface area contributed by atoms with Crippen LogP contribution in [-0.4, -0.2) is 44.1 Å². The number of ether oxygens (including phenoxy) is 1. The number of benzene rings is 2. The largest absolute Gasteiger partial charge is 0.379 e. The predicted molar refractivity (Wildman–Crippen MR) is 112 cm³/mol. The van der Waals surface area contributed by atoms with Crippen LogP contribution in [0.5, 0.6) is 0 Å². The number of thiocarbonyl (C=S) groups is 1. The lowest BCUT2D eigenvalue weighted by Crippen LogP contribution is -2.40. The van der Waals surface area contributed by atoms with Gasteiger partial charge in [-0.05, 0) is 48.6 Å². The highest BCUT2D eigenvalue weighted by atomic mass is 35.5. The molecular formula is C18H17ClN4O3S2. The second kappa shape index (κ2) is 8.86. The number of sulfonamides is 1. The van der Waals surface area contributed by atoms with E-state index in [9.17, 15) is 8.42 Å². The second-order valence-electron chi connectivity index (χ2n) is 5.93. The highest BCUT2D eigenvalue weighted by Crippen LogP contribution is 2.27. The summed E-state index contributed by atoms with van der Waals surface area (Å²) in [4.78, 5) is 0.121. The van der Waals surface area contributed by atoms with Crippen molar-refractivity contribution in [3.8, 4) is 6.07 Å². The van der Waals surface area contributed by atoms with E-state index in [1.807, 2.05) is 6.07 Å². The summed E-state index contributed by atoms with van der Waals surface area (Å²) in [7, 11) is -3.65. The summed E-state index contributed by atoms with van der Waals surface area (Å²) in [5.41, 5.74) is 1.49. The van der Waals surface area contributed by atoms with E-state index in [-0.39, 0.29) is 10.0 Å². The molecule has 7 nitrogen and oxygen atoms in total. The summed E-state index contributed by atoms with van der Waals surface area (Å²) in [5.74, 6) is 0. The van der Waals surface area contributed by atoms with Gasteiger partial charge < -0.3 is 15.4 Å². The van der Waals surface area contributed by atoms with Gasteiger partial charge in [-0.25, -0.2) is 8.42 Å². The molecule has 0 spiro atoms. The molecule has 2 N–H and O–H groups in total. The van der Waals surface area contributed by atoms with Gasteiger partial charge in [-0.3, -0.25) is 0 Å². The van der Waals surface area contributed by atoms with Crippen LogP contribution >= 0.6 is 23.8 Å². The van der Waals surface area contributed by atoms with Gasteiger partial charge in [0.1, 0.15) is 0 Å². The molecule has 1 aliphatic rings. The van der Waals surface area contributed by atoms with Crippen molar-refractivity contribution in [1.29, 1.82) is 5.26 Å². The summed E-state index contributed by atoms with van der Waals surface area (Å²) in [6.07, 6.45) is 0. The summed E-state index contributed by atoms with van der Waals surface area (Å²) >= 11 is 11.5. The highest BCUT2D eigenvalue weighted by Gasteiger charge is 2.27. The van der Waals surface area contributed by atoms with E-state index in [0.29, 0.717) is 48.3 Å². The Bertz CT molecular complexity index is 1030. The van der Waals surface area contributed by atoms with E-state index < -0.39 is 10.0 Å². The van der Waals surface area contributed by atoms with Crippen molar-refractivity contribution in [3.05, 3.63) is 53.1 Å². The topological polar surface area (TPSA) is 94.5 Å². The van der Waals surface area contributed by atoms with Crippen LogP contribution < -0.4 is 10.6 Å². The number of morpholine rings is 1. The molecule has 3 rings (SSSR count). The van der Waals surface area contributed by atoms with Gasteiger partial charge in [0.25, 0.3) is 0 Å². The van der Waals surface area contributed by atoms with Crippen LogP contribution in [0.25, 0.3) is 0 Å². The number of nitriles is 1. The lowest BCUT2D eigenvalue weighted by atomic mass is 10.2. The molecule has 0 atom stereocenters. The molecule has 2 aromatic rings. The third-order valence-corrected chi connectivity index (χ3v) is 6.47. The van der Waals surface area contributed by atoms with Gasteiger partial charge in [0.15, 0.2) is 5.11 Å². The van der Waals surface area contributed by atoms with Gasteiger partial charge in [0.2, 0.25) is 10.0 Å². The van der Waals surface area contributed by atoms with Crippen molar-refractivity contribution in [3.63, 3.8) is 0 Å². The van der Waals surface area contributed by atoms with Crippen LogP contribution in [0.15, 0.2) is 47.4 Å². The fourth-order valence-corrected chi connectivity index (χ4v) is 4.48. The number of hydrogen-bond donors (Lipinski definition) is 2. The summed E-state index contributed by atoms with van der Waals surface area (Å²) in [6, 6.07) is 13.3. The first-order valence-electron chi connectivity index (χ1n) is 8.36. The molecule has 2 aromatic carbocycles. The van der Waals surface area contributed by atoms with E-state index in [2.05, 4.69) is 10.6 Å². The normalized spacial score (nSPS) is 14.9. The smallest absolute Gasteiger partial charge is 0.243 e. The Labute approximate surface area is 173 Å². The molecule has 0 amide bonds. The molecule has 0 unspecified atom stereocenters. The monoisotopic (exact) mass is 436 g/mol. The minimum absolute atomic E-state index is 0.121. The first-order chi connectivity index (χ1) is 13.4. The minimum atomic E-state index is -3.65. The number of halogens is 1. The molecule has 10 heteroatoms. The van der Waals surface area contributed by atoms with Gasteiger partial charge in [0.05, 0.1) is 40.5 Å². The number of rotatable bonds is 4. The van der Waals surface area contributed by atoms with Crippen molar-refractivity contribution in [1.82, 2.24) is 4.31 Å². The fourth-order valence-electron chi connectivity index (χ4n) is 2.65. The lowest BCUT2D eigenvalue weighted by molar-refractivity contribution is 0.0730. The molecule has 1 heterocycles. The van der Waals surface area contributed by atoms with Gasteiger partial charge in [-0.2, -0.15) is 9.57 Å². The molecule has 0 bridgehead atoms. The molecule has 0 aromatic heterocycles. The van der Waals surface area contributed by atoms with Crippen molar-refractivity contribution < 1.29 is 13.2 Å². The lowest BCUT2D eigenvalue weighted by Gasteiger charge is -2.26. The van der Waals surface area contributed by atoms with Crippen LogP contribution in [0.3, 0.4) is 0 Å². The van der Waals surface area contributed by atoms with Crippen LogP contribution in [-0.2, 0) is 14.8 Å². The van der Waals surface area contributed by atoms with Crippen LogP contribution in [0.1, 0.15) is 5.56 Å². The van der Waals surface area contributed by atoms with Gasteiger partial charge in [-0.15, -0.1) is 0 Å². The molecule has 1 aliphatic heterocycles. The first kappa shape index (κ1) is 20.5. The molecule has 28 heavy (non-hydrogen) atoms. The zero-order valence-electron chi connectivity index (χ0n) is 14.7. The Morgan fingerprint density at radius 2 is 1.93 bits per heavy atom. The number of anilines is 2. The SMILES string of the molecule is N#Cc1cccc(NC(=S)Nc2cc(S(=O)(=O)N3CCOCC3)ccc2Cl)c1. The van der Waals surface area contributed by atoms with E-state index >= 15 is 0 Å². The average molecular weight is 437 g/mol. The van der Waals surface area contributed by atoms with Crippen LogP contribution in [0.2, 0.25) is 5.02 Å². The fraction of sp³-hybridized carbons (Fsp3) is 0.222. The highest BCUT2D eigenvalue weighted by molar-refractivity contribution is 7.89. The van der Waals surface area contributed by atoms with Crippen LogP contribution in [0, 0.1) is 11.3 Å². The Kier molecular flexibility index (Phi) is 6.49. The van der Waals surface area contributed by atoms with E-state index in [4.69, 9.17) is 33.8 Å². The van der Waals surface area contributed by atoms with E-state index in [1.165, 1.54) is 22.5 Å². The Morgan fingerprint density at radius 3 is 2.64 bits per heavy atom. The maximum Gasteiger partial charge on any atom is 0.243 e. The maximum atomic E-state index is 12.8. The average Bonchev–Trinajstić information content (AvgIpc) is 2.70. The molecule has 1 fully saturated rings. The van der Waals surface area contributed by atoms with Crippen molar-refractivity contribution >= 4 is 50.3 Å². The van der Waals surface area contributed by atoms with Crippen molar-refractivity contribution in [2.45, 2.75) is 4.90 Å². The molecule has 146 valence electrons. The zero-order valence-corrected chi connectivity index (χ0v) is 17.1. The minimum Gasteiger partial charge on any atom is -0.379 e. The summed E-state index contributed by atoms with van der Waals surface area (Å²) in [6.45, 7) is 1.35. The molecule has 1 saturated heterocycles. The second-order valence-corrected chi connectivity index (χ2v) is 8.68. The van der Waals surface area contributed by atoms with Gasteiger partial charge >= 0.3 is 0 Å². The standard InChI is InChI=1S/C18H17ClN4O3S2/c19-16-5-4-15(28(24,25)23-6-8-26-9-7-23)11-17(16)22-18(27)21-14-3-1-2-13(10-14)12-20/h1-5,10-11H,6-9H2,(H2,21,22,27).